The molecule has 106 valence electrons. The molecular formula is C14H28N2O2. The van der Waals surface area contributed by atoms with E-state index in [0.29, 0.717) is 19.0 Å². The second kappa shape index (κ2) is 5.57. The lowest BCUT2D eigenvalue weighted by molar-refractivity contribution is -0.141. The summed E-state index contributed by atoms with van der Waals surface area (Å²) in [5, 5.41) is 9.87. The zero-order chi connectivity index (χ0) is 14.0. The van der Waals surface area contributed by atoms with Crippen molar-refractivity contribution >= 4 is 5.91 Å². The molecule has 0 aromatic heterocycles. The van der Waals surface area contributed by atoms with Crippen molar-refractivity contribution in [3.63, 3.8) is 0 Å². The van der Waals surface area contributed by atoms with Crippen LogP contribution in [0.1, 0.15) is 53.4 Å². The molecule has 1 saturated carbocycles. The molecule has 0 spiro atoms. The molecule has 0 radical (unpaired) electrons. The molecule has 18 heavy (non-hydrogen) atoms. The van der Waals surface area contributed by atoms with Crippen LogP contribution in [-0.4, -0.2) is 40.1 Å². The van der Waals surface area contributed by atoms with E-state index in [1.807, 2.05) is 6.92 Å². The first-order valence-electron chi connectivity index (χ1n) is 6.98. The Morgan fingerprint density at radius 2 is 2.17 bits per heavy atom. The highest BCUT2D eigenvalue weighted by molar-refractivity contribution is 5.86. The molecule has 0 saturated heterocycles. The van der Waals surface area contributed by atoms with Gasteiger partial charge in [0.15, 0.2) is 0 Å². The van der Waals surface area contributed by atoms with Crippen molar-refractivity contribution in [1.29, 1.82) is 0 Å². The summed E-state index contributed by atoms with van der Waals surface area (Å²) in [6, 6.07) is 0. The van der Waals surface area contributed by atoms with Gasteiger partial charge in [0.2, 0.25) is 5.91 Å². The molecule has 0 aliphatic heterocycles. The maximum Gasteiger partial charge on any atom is 0.242 e. The van der Waals surface area contributed by atoms with E-state index in [0.717, 1.165) is 25.7 Å². The number of rotatable bonds is 4. The van der Waals surface area contributed by atoms with Crippen molar-refractivity contribution in [2.24, 2.45) is 11.7 Å². The summed E-state index contributed by atoms with van der Waals surface area (Å²) in [5.41, 5.74) is 4.72. The van der Waals surface area contributed by atoms with Gasteiger partial charge >= 0.3 is 0 Å². The Morgan fingerprint density at radius 3 is 2.61 bits per heavy atom. The van der Waals surface area contributed by atoms with Gasteiger partial charge in [-0.1, -0.05) is 19.8 Å². The first-order valence-corrected chi connectivity index (χ1v) is 6.98. The van der Waals surface area contributed by atoms with Crippen LogP contribution in [0.5, 0.6) is 0 Å². The van der Waals surface area contributed by atoms with Crippen LogP contribution < -0.4 is 5.73 Å². The van der Waals surface area contributed by atoms with E-state index in [1.165, 1.54) is 0 Å². The van der Waals surface area contributed by atoms with Gasteiger partial charge in [0.05, 0.1) is 11.1 Å². The molecule has 1 rings (SSSR count). The van der Waals surface area contributed by atoms with Gasteiger partial charge in [0.1, 0.15) is 0 Å². The Bertz CT molecular complexity index is 299. The van der Waals surface area contributed by atoms with Gasteiger partial charge in [-0.2, -0.15) is 0 Å². The zero-order valence-electron chi connectivity index (χ0n) is 12.2. The third kappa shape index (κ3) is 3.95. The number of aliphatic hydroxyl groups is 1. The first kappa shape index (κ1) is 15.4. The quantitative estimate of drug-likeness (QED) is 0.801. The highest BCUT2D eigenvalue weighted by Gasteiger charge is 2.41. The van der Waals surface area contributed by atoms with E-state index in [1.54, 1.807) is 18.7 Å². The average Bonchev–Trinajstić information content (AvgIpc) is 2.23. The van der Waals surface area contributed by atoms with Crippen LogP contribution in [0.25, 0.3) is 0 Å². The lowest BCUT2D eigenvalue weighted by atomic mass is 9.76. The fraction of sp³-hybridized carbons (Fsp3) is 0.929. The Balaban J connectivity index is 2.76. The molecule has 0 bridgehead atoms. The monoisotopic (exact) mass is 256 g/mol. The summed E-state index contributed by atoms with van der Waals surface area (Å²) in [7, 11) is 0. The third-order valence-corrected chi connectivity index (χ3v) is 3.71. The number of nitrogens with two attached hydrogens (primary N) is 1. The number of hydrogen-bond acceptors (Lipinski definition) is 3. The van der Waals surface area contributed by atoms with E-state index in [4.69, 9.17) is 5.73 Å². The van der Waals surface area contributed by atoms with Gasteiger partial charge in [-0.3, -0.25) is 4.79 Å². The zero-order valence-corrected chi connectivity index (χ0v) is 12.2. The largest absolute Gasteiger partial charge is 0.389 e. The summed E-state index contributed by atoms with van der Waals surface area (Å²) in [6.07, 6.45) is 3.69. The van der Waals surface area contributed by atoms with Gasteiger partial charge in [-0.15, -0.1) is 0 Å². The minimum atomic E-state index is -0.873. The molecule has 1 fully saturated rings. The average molecular weight is 256 g/mol. The predicted molar refractivity (Wildman–Crippen MR) is 73.1 cm³/mol. The number of nitrogens with zero attached hydrogens (tertiary/aromatic N) is 1. The van der Waals surface area contributed by atoms with Gasteiger partial charge in [-0.25, -0.2) is 0 Å². The summed E-state index contributed by atoms with van der Waals surface area (Å²) in [5.74, 6) is 0.507. The van der Waals surface area contributed by atoms with Crippen LogP contribution in [0.4, 0.5) is 0 Å². The van der Waals surface area contributed by atoms with Crippen LogP contribution in [-0.2, 0) is 4.79 Å². The van der Waals surface area contributed by atoms with Crippen LogP contribution >= 0.6 is 0 Å². The molecule has 3 N–H and O–H groups in total. The van der Waals surface area contributed by atoms with Crippen LogP contribution in [0.2, 0.25) is 0 Å². The van der Waals surface area contributed by atoms with E-state index in [2.05, 4.69) is 6.92 Å². The summed E-state index contributed by atoms with van der Waals surface area (Å²) in [4.78, 5) is 14.3. The maximum atomic E-state index is 12.6. The Kier molecular flexibility index (Phi) is 4.78. The second-order valence-electron chi connectivity index (χ2n) is 6.49. The van der Waals surface area contributed by atoms with Crippen molar-refractivity contribution in [3.8, 4) is 0 Å². The molecule has 4 heteroatoms. The van der Waals surface area contributed by atoms with Crippen molar-refractivity contribution in [1.82, 2.24) is 4.90 Å². The van der Waals surface area contributed by atoms with Gasteiger partial charge in [0, 0.05) is 13.1 Å². The summed E-state index contributed by atoms with van der Waals surface area (Å²) >= 11 is 0. The molecule has 0 heterocycles. The lowest BCUT2D eigenvalue weighted by Crippen LogP contribution is -2.59. The fourth-order valence-electron chi connectivity index (χ4n) is 2.90. The lowest BCUT2D eigenvalue weighted by Gasteiger charge is -2.40. The van der Waals surface area contributed by atoms with Gasteiger partial charge < -0.3 is 15.7 Å². The first-order chi connectivity index (χ1) is 8.18. The number of carbonyl (C=O) groups excluding carboxylic acids is 1. The Morgan fingerprint density at radius 1 is 1.56 bits per heavy atom. The normalized spacial score (nSPS) is 29.1. The molecule has 2 atom stereocenters. The minimum absolute atomic E-state index is 0.00123. The van der Waals surface area contributed by atoms with Gasteiger partial charge in [-0.05, 0) is 39.5 Å². The van der Waals surface area contributed by atoms with E-state index in [-0.39, 0.29) is 5.91 Å². The molecule has 0 aromatic carbocycles. The fourth-order valence-corrected chi connectivity index (χ4v) is 2.90. The van der Waals surface area contributed by atoms with Gasteiger partial charge in [0.25, 0.3) is 0 Å². The smallest absolute Gasteiger partial charge is 0.242 e. The van der Waals surface area contributed by atoms with Crippen LogP contribution in [0, 0.1) is 5.92 Å². The molecule has 4 nitrogen and oxygen atoms in total. The molecule has 1 aliphatic carbocycles. The number of carbonyl (C=O) groups is 1. The minimum Gasteiger partial charge on any atom is -0.389 e. The van der Waals surface area contributed by atoms with Crippen molar-refractivity contribution in [2.75, 3.05) is 13.1 Å². The molecular weight excluding hydrogens is 228 g/mol. The Hall–Kier alpha value is -0.610. The van der Waals surface area contributed by atoms with Crippen molar-refractivity contribution in [3.05, 3.63) is 0 Å². The number of amides is 1. The molecule has 1 amide bonds. The summed E-state index contributed by atoms with van der Waals surface area (Å²) < 4.78 is 0. The third-order valence-electron chi connectivity index (χ3n) is 3.71. The highest BCUT2D eigenvalue weighted by atomic mass is 16.3. The summed E-state index contributed by atoms with van der Waals surface area (Å²) in [6.45, 7) is 8.46. The number of hydrogen-bond donors (Lipinski definition) is 2. The Labute approximate surface area is 111 Å². The van der Waals surface area contributed by atoms with Crippen LogP contribution in [0.3, 0.4) is 0 Å². The van der Waals surface area contributed by atoms with E-state index >= 15 is 0 Å². The van der Waals surface area contributed by atoms with Crippen LogP contribution in [0.15, 0.2) is 0 Å². The van der Waals surface area contributed by atoms with Crippen molar-refractivity contribution in [2.45, 2.75) is 64.5 Å². The number of likely N-dealkylation sites (N-methyl/N-ethyl adjacent to an activating group) is 1. The second-order valence-corrected chi connectivity index (χ2v) is 6.49. The molecule has 1 aliphatic rings. The standard InChI is InChI=1S/C14H28N2O2/c1-5-16(10-13(3,4)18)12(17)14(15)8-6-7-11(2)9-14/h11,18H,5-10,15H2,1-4H3. The highest BCUT2D eigenvalue weighted by Crippen LogP contribution is 2.32. The van der Waals surface area contributed by atoms with E-state index < -0.39 is 11.1 Å². The maximum absolute atomic E-state index is 12.6. The SMILES string of the molecule is CCN(CC(C)(C)O)C(=O)C1(N)CCCC(C)C1. The van der Waals surface area contributed by atoms with E-state index in [9.17, 15) is 9.90 Å². The van der Waals surface area contributed by atoms with Crippen molar-refractivity contribution < 1.29 is 9.90 Å². The molecule has 2 unspecified atom stereocenters. The topological polar surface area (TPSA) is 66.6 Å². The predicted octanol–water partition coefficient (Wildman–Crippen LogP) is 1.51. The molecule has 0 aromatic rings.